The Morgan fingerprint density at radius 3 is 2.11 bits per heavy atom. The summed E-state index contributed by atoms with van der Waals surface area (Å²) in [5.74, 6) is 0.356. The predicted molar refractivity (Wildman–Crippen MR) is 76.7 cm³/mol. The molecule has 2 rings (SSSR count). The highest BCUT2D eigenvalue weighted by Gasteiger charge is 1.88. The lowest BCUT2D eigenvalue weighted by Crippen LogP contribution is -2.01. The molecule has 0 saturated heterocycles. The quantitative estimate of drug-likeness (QED) is 0.870. The van der Waals surface area contributed by atoms with E-state index in [1.54, 1.807) is 12.1 Å². The second-order valence-corrected chi connectivity index (χ2v) is 4.05. The fraction of sp³-hybridized carbons (Fsp3) is 0.250. The first-order valence-corrected chi connectivity index (χ1v) is 6.28. The van der Waals surface area contributed by atoms with E-state index in [-0.39, 0.29) is 0 Å². The number of aryl methyl sites for hydroxylation is 1. The molecule has 2 aromatic carbocycles. The van der Waals surface area contributed by atoms with E-state index in [1.165, 1.54) is 11.1 Å². The van der Waals surface area contributed by atoms with Crippen LogP contribution in [0.2, 0.25) is 0 Å². The first-order chi connectivity index (χ1) is 8.76. The molecular formula is C16H21NO. The van der Waals surface area contributed by atoms with Crippen LogP contribution in [-0.4, -0.2) is 11.7 Å². The Morgan fingerprint density at radius 2 is 1.61 bits per heavy atom. The minimum Gasteiger partial charge on any atom is -0.508 e. The van der Waals surface area contributed by atoms with Crippen LogP contribution in [-0.2, 0) is 12.8 Å². The monoisotopic (exact) mass is 243 g/mol. The van der Waals surface area contributed by atoms with Gasteiger partial charge in [0.25, 0.3) is 0 Å². The van der Waals surface area contributed by atoms with Gasteiger partial charge in [-0.3, -0.25) is 0 Å². The fourth-order valence-corrected chi connectivity index (χ4v) is 1.59. The molecule has 96 valence electrons. The molecular weight excluding hydrogens is 222 g/mol. The van der Waals surface area contributed by atoms with Gasteiger partial charge in [0.05, 0.1) is 0 Å². The number of hydrogen-bond donors (Lipinski definition) is 2. The second-order valence-electron chi connectivity index (χ2n) is 4.05. The summed E-state index contributed by atoms with van der Waals surface area (Å²) in [6.45, 7) is 2.80. The van der Waals surface area contributed by atoms with E-state index < -0.39 is 0 Å². The molecule has 0 unspecified atom stereocenters. The van der Waals surface area contributed by atoms with E-state index in [0.29, 0.717) is 5.75 Å². The number of hydrogen-bond acceptors (Lipinski definition) is 2. The zero-order valence-corrected chi connectivity index (χ0v) is 10.8. The summed E-state index contributed by atoms with van der Waals surface area (Å²) in [6.07, 6.45) is 1.97. The average molecular weight is 243 g/mol. The van der Waals surface area contributed by atoms with Crippen LogP contribution < -0.4 is 5.73 Å². The summed E-state index contributed by atoms with van der Waals surface area (Å²) >= 11 is 0. The van der Waals surface area contributed by atoms with Crippen LogP contribution in [0.3, 0.4) is 0 Å². The Labute approximate surface area is 109 Å². The van der Waals surface area contributed by atoms with Gasteiger partial charge in [0, 0.05) is 0 Å². The second kappa shape index (κ2) is 8.31. The summed E-state index contributed by atoms with van der Waals surface area (Å²) in [6, 6.07) is 17.6. The molecule has 0 aliphatic heterocycles. The molecule has 0 atom stereocenters. The summed E-state index contributed by atoms with van der Waals surface area (Å²) < 4.78 is 0. The van der Waals surface area contributed by atoms with Crippen molar-refractivity contribution in [3.8, 4) is 5.75 Å². The molecule has 2 nitrogen and oxygen atoms in total. The average Bonchev–Trinajstić information content (AvgIpc) is 2.41. The molecule has 18 heavy (non-hydrogen) atoms. The Bertz CT molecular complexity index is 440. The van der Waals surface area contributed by atoms with Crippen molar-refractivity contribution < 1.29 is 5.11 Å². The van der Waals surface area contributed by atoms with E-state index in [0.717, 1.165) is 19.4 Å². The molecule has 0 heterocycles. The van der Waals surface area contributed by atoms with Crippen LogP contribution >= 0.6 is 0 Å². The summed E-state index contributed by atoms with van der Waals surface area (Å²) in [7, 11) is 0. The lowest BCUT2D eigenvalue weighted by molar-refractivity contribution is 0.474. The zero-order valence-electron chi connectivity index (χ0n) is 10.8. The number of benzene rings is 2. The largest absolute Gasteiger partial charge is 0.508 e. The lowest BCUT2D eigenvalue weighted by atomic mass is 10.2. The maximum atomic E-state index is 8.94. The maximum Gasteiger partial charge on any atom is 0.115 e. The van der Waals surface area contributed by atoms with Crippen molar-refractivity contribution in [3.63, 3.8) is 0 Å². The molecule has 0 aromatic heterocycles. The zero-order chi connectivity index (χ0) is 13.2. The SMILES string of the molecule is CCc1cccc(O)c1.NCCc1ccccc1. The maximum absolute atomic E-state index is 8.94. The minimum atomic E-state index is 0.356. The van der Waals surface area contributed by atoms with Gasteiger partial charge in [0.15, 0.2) is 0 Å². The Morgan fingerprint density at radius 1 is 0.944 bits per heavy atom. The number of phenolic OH excluding ortho intramolecular Hbond substituents is 1. The molecule has 0 amide bonds. The Hall–Kier alpha value is -1.80. The van der Waals surface area contributed by atoms with Gasteiger partial charge in [-0.25, -0.2) is 0 Å². The van der Waals surface area contributed by atoms with E-state index in [9.17, 15) is 0 Å². The van der Waals surface area contributed by atoms with Gasteiger partial charge in [0.2, 0.25) is 0 Å². The molecule has 0 bridgehead atoms. The standard InChI is InChI=1S/C8H11N.C8H10O/c9-7-6-8-4-2-1-3-5-8;1-2-7-4-3-5-8(9)6-7/h1-5H,6-7,9H2;3-6,9H,2H2,1H3. The van der Waals surface area contributed by atoms with Crippen molar-refractivity contribution in [2.24, 2.45) is 5.73 Å². The van der Waals surface area contributed by atoms with Gasteiger partial charge in [0.1, 0.15) is 5.75 Å². The van der Waals surface area contributed by atoms with Crippen molar-refractivity contribution in [1.82, 2.24) is 0 Å². The van der Waals surface area contributed by atoms with Crippen LogP contribution in [0, 0.1) is 0 Å². The van der Waals surface area contributed by atoms with Gasteiger partial charge in [-0.15, -0.1) is 0 Å². The number of nitrogens with two attached hydrogens (primary N) is 1. The third-order valence-electron chi connectivity index (χ3n) is 2.59. The van der Waals surface area contributed by atoms with Crippen LogP contribution in [0.25, 0.3) is 0 Å². The van der Waals surface area contributed by atoms with Crippen molar-refractivity contribution in [1.29, 1.82) is 0 Å². The number of phenols is 1. The highest BCUT2D eigenvalue weighted by atomic mass is 16.3. The third-order valence-corrected chi connectivity index (χ3v) is 2.59. The van der Waals surface area contributed by atoms with Crippen molar-refractivity contribution >= 4 is 0 Å². The van der Waals surface area contributed by atoms with Gasteiger partial charge in [-0.05, 0) is 42.6 Å². The molecule has 0 aliphatic rings. The van der Waals surface area contributed by atoms with Gasteiger partial charge in [-0.2, -0.15) is 0 Å². The van der Waals surface area contributed by atoms with Crippen LogP contribution in [0.1, 0.15) is 18.1 Å². The lowest BCUT2D eigenvalue weighted by Gasteiger charge is -1.94. The first-order valence-electron chi connectivity index (χ1n) is 6.28. The Balaban J connectivity index is 0.000000180. The van der Waals surface area contributed by atoms with Crippen molar-refractivity contribution in [3.05, 3.63) is 65.7 Å². The fourth-order valence-electron chi connectivity index (χ4n) is 1.59. The van der Waals surface area contributed by atoms with E-state index in [1.807, 2.05) is 30.3 Å². The number of aromatic hydroxyl groups is 1. The molecule has 0 spiro atoms. The predicted octanol–water partition coefficient (Wildman–Crippen LogP) is 3.14. The Kier molecular flexibility index (Phi) is 6.59. The van der Waals surface area contributed by atoms with E-state index in [4.69, 9.17) is 10.8 Å². The van der Waals surface area contributed by atoms with Gasteiger partial charge < -0.3 is 10.8 Å². The van der Waals surface area contributed by atoms with E-state index >= 15 is 0 Å². The first kappa shape index (κ1) is 14.3. The third kappa shape index (κ3) is 5.51. The molecule has 0 saturated carbocycles. The van der Waals surface area contributed by atoms with E-state index in [2.05, 4.69) is 19.1 Å². The van der Waals surface area contributed by atoms with Gasteiger partial charge >= 0.3 is 0 Å². The van der Waals surface area contributed by atoms with Crippen LogP contribution in [0.5, 0.6) is 5.75 Å². The van der Waals surface area contributed by atoms with Crippen molar-refractivity contribution in [2.75, 3.05) is 6.54 Å². The molecule has 0 aliphatic carbocycles. The van der Waals surface area contributed by atoms with Crippen LogP contribution in [0.4, 0.5) is 0 Å². The normalized spacial score (nSPS) is 9.44. The minimum absolute atomic E-state index is 0.356. The van der Waals surface area contributed by atoms with Gasteiger partial charge in [-0.1, -0.05) is 49.4 Å². The number of rotatable bonds is 3. The summed E-state index contributed by atoms with van der Waals surface area (Å²) in [5.41, 5.74) is 7.86. The summed E-state index contributed by atoms with van der Waals surface area (Å²) in [4.78, 5) is 0. The van der Waals surface area contributed by atoms with Crippen LogP contribution in [0.15, 0.2) is 54.6 Å². The molecule has 2 aromatic rings. The molecule has 0 fully saturated rings. The smallest absolute Gasteiger partial charge is 0.115 e. The highest BCUT2D eigenvalue weighted by molar-refractivity contribution is 5.26. The molecule has 2 heteroatoms. The highest BCUT2D eigenvalue weighted by Crippen LogP contribution is 2.10. The van der Waals surface area contributed by atoms with Crippen molar-refractivity contribution in [2.45, 2.75) is 19.8 Å². The summed E-state index contributed by atoms with van der Waals surface area (Å²) in [5, 5.41) is 8.94. The molecule has 3 N–H and O–H groups in total. The topological polar surface area (TPSA) is 46.2 Å². The molecule has 0 radical (unpaired) electrons.